The molecular formula is C15H18Br2N2O. The maximum absolute atomic E-state index is 10.5. The number of rotatable bonds is 4. The van der Waals surface area contributed by atoms with Gasteiger partial charge in [-0.2, -0.15) is 5.10 Å². The lowest BCUT2D eigenvalue weighted by Gasteiger charge is -2.15. The topological polar surface area (TPSA) is 38.0 Å². The van der Waals surface area contributed by atoms with E-state index in [2.05, 4.69) is 43.9 Å². The summed E-state index contributed by atoms with van der Waals surface area (Å²) in [5.41, 5.74) is 4.04. The Morgan fingerprint density at radius 3 is 2.65 bits per heavy atom. The van der Waals surface area contributed by atoms with E-state index in [0.29, 0.717) is 6.42 Å². The molecule has 3 nitrogen and oxygen atoms in total. The highest BCUT2D eigenvalue weighted by molar-refractivity contribution is 9.10. The van der Waals surface area contributed by atoms with E-state index in [4.69, 9.17) is 0 Å². The van der Waals surface area contributed by atoms with Crippen molar-refractivity contribution >= 4 is 31.9 Å². The van der Waals surface area contributed by atoms with Crippen molar-refractivity contribution in [1.82, 2.24) is 9.78 Å². The first kappa shape index (κ1) is 15.7. The number of nitrogens with zero attached hydrogens (tertiary/aromatic N) is 2. The molecule has 1 heterocycles. The van der Waals surface area contributed by atoms with E-state index in [1.807, 2.05) is 36.7 Å². The van der Waals surface area contributed by atoms with Gasteiger partial charge in [-0.05, 0) is 48.3 Å². The van der Waals surface area contributed by atoms with Gasteiger partial charge in [-0.15, -0.1) is 0 Å². The van der Waals surface area contributed by atoms with E-state index in [1.54, 1.807) is 0 Å². The molecule has 0 radical (unpaired) electrons. The number of hydrogen-bond donors (Lipinski definition) is 1. The summed E-state index contributed by atoms with van der Waals surface area (Å²) in [7, 11) is 0. The number of hydrogen-bond acceptors (Lipinski definition) is 2. The van der Waals surface area contributed by atoms with E-state index in [-0.39, 0.29) is 0 Å². The maximum atomic E-state index is 10.5. The van der Waals surface area contributed by atoms with Gasteiger partial charge >= 0.3 is 0 Å². The number of aliphatic hydroxyl groups excluding tert-OH is 1. The Hall–Kier alpha value is -0.650. The minimum absolute atomic E-state index is 0.539. The third kappa shape index (κ3) is 3.15. The molecule has 2 rings (SSSR count). The number of aromatic nitrogens is 2. The second kappa shape index (κ2) is 6.41. The van der Waals surface area contributed by atoms with Gasteiger partial charge in [0, 0.05) is 17.4 Å². The van der Waals surface area contributed by atoms with Crippen molar-refractivity contribution in [2.45, 2.75) is 39.8 Å². The van der Waals surface area contributed by atoms with Crippen LogP contribution in [-0.4, -0.2) is 14.9 Å². The summed E-state index contributed by atoms with van der Waals surface area (Å²) in [6, 6.07) is 6.02. The molecule has 0 saturated carbocycles. The molecule has 1 aromatic heterocycles. The van der Waals surface area contributed by atoms with Crippen LogP contribution in [0.5, 0.6) is 0 Å². The van der Waals surface area contributed by atoms with E-state index in [9.17, 15) is 5.11 Å². The average molecular weight is 402 g/mol. The van der Waals surface area contributed by atoms with Crippen LogP contribution in [0.15, 0.2) is 27.1 Å². The van der Waals surface area contributed by atoms with Gasteiger partial charge in [-0.3, -0.25) is 4.68 Å². The highest BCUT2D eigenvalue weighted by Gasteiger charge is 2.19. The van der Waals surface area contributed by atoms with Crippen LogP contribution >= 0.6 is 31.9 Å². The van der Waals surface area contributed by atoms with Crippen LogP contribution in [0.25, 0.3) is 0 Å². The summed E-state index contributed by atoms with van der Waals surface area (Å²) in [5, 5.41) is 15.0. The third-order valence-electron chi connectivity index (χ3n) is 3.35. The maximum Gasteiger partial charge on any atom is 0.0856 e. The van der Waals surface area contributed by atoms with Gasteiger partial charge in [-0.1, -0.05) is 33.6 Å². The van der Waals surface area contributed by atoms with Crippen molar-refractivity contribution in [1.29, 1.82) is 0 Å². The number of aliphatic hydroxyl groups is 1. The highest BCUT2D eigenvalue weighted by Crippen LogP contribution is 2.30. The molecule has 2 aromatic rings. The van der Waals surface area contributed by atoms with Gasteiger partial charge in [0.25, 0.3) is 0 Å². The van der Waals surface area contributed by atoms with Crippen molar-refractivity contribution in [2.75, 3.05) is 0 Å². The van der Waals surface area contributed by atoms with Crippen LogP contribution in [0.2, 0.25) is 0 Å². The summed E-state index contributed by atoms with van der Waals surface area (Å²) in [5.74, 6) is 0. The molecule has 0 bridgehead atoms. The molecule has 1 unspecified atom stereocenters. The van der Waals surface area contributed by atoms with Crippen molar-refractivity contribution in [3.63, 3.8) is 0 Å². The van der Waals surface area contributed by atoms with Gasteiger partial charge in [0.2, 0.25) is 0 Å². The Bertz CT molecular complexity index is 623. The van der Waals surface area contributed by atoms with E-state index >= 15 is 0 Å². The largest absolute Gasteiger partial charge is 0.388 e. The Morgan fingerprint density at radius 2 is 2.00 bits per heavy atom. The zero-order valence-corrected chi connectivity index (χ0v) is 15.0. The normalized spacial score (nSPS) is 12.7. The van der Waals surface area contributed by atoms with Gasteiger partial charge in [0.15, 0.2) is 0 Å². The van der Waals surface area contributed by atoms with Crippen LogP contribution in [-0.2, 0) is 13.0 Å². The van der Waals surface area contributed by atoms with Crippen molar-refractivity contribution in [2.24, 2.45) is 0 Å². The fourth-order valence-corrected chi connectivity index (χ4v) is 3.23. The van der Waals surface area contributed by atoms with Crippen molar-refractivity contribution in [3.05, 3.63) is 49.7 Å². The lowest BCUT2D eigenvalue weighted by atomic mass is 10.0. The Balaban J connectivity index is 2.32. The SMILES string of the molecule is CCn1nc(C)c(Br)c1CC(O)c1cc(C)ccc1Br. The third-order valence-corrected chi connectivity index (χ3v) is 5.10. The summed E-state index contributed by atoms with van der Waals surface area (Å²) < 4.78 is 3.86. The quantitative estimate of drug-likeness (QED) is 0.828. The molecule has 0 saturated heterocycles. The lowest BCUT2D eigenvalue weighted by Crippen LogP contribution is -2.09. The predicted molar refractivity (Wildman–Crippen MR) is 87.9 cm³/mol. The van der Waals surface area contributed by atoms with E-state index in [1.165, 1.54) is 0 Å². The van der Waals surface area contributed by atoms with Crippen LogP contribution < -0.4 is 0 Å². The fraction of sp³-hybridized carbons (Fsp3) is 0.400. The summed E-state index contributed by atoms with van der Waals surface area (Å²) in [6.07, 6.45) is -0.0147. The number of halogens is 2. The van der Waals surface area contributed by atoms with Crippen LogP contribution in [0.3, 0.4) is 0 Å². The molecule has 0 fully saturated rings. The second-order valence-electron chi connectivity index (χ2n) is 4.91. The first-order valence-corrected chi connectivity index (χ1v) is 8.18. The van der Waals surface area contributed by atoms with Gasteiger partial charge in [0.1, 0.15) is 0 Å². The number of aryl methyl sites for hydroxylation is 3. The Labute approximate surface area is 136 Å². The molecule has 0 aliphatic carbocycles. The standard InChI is InChI=1S/C15H18Br2N2O/c1-4-19-13(15(17)10(3)18-19)8-14(20)11-7-9(2)5-6-12(11)16/h5-7,14,20H,4,8H2,1-3H3. The number of benzene rings is 1. The molecule has 20 heavy (non-hydrogen) atoms. The monoisotopic (exact) mass is 400 g/mol. The molecule has 1 atom stereocenters. The van der Waals surface area contributed by atoms with Gasteiger partial charge in [0.05, 0.1) is 22.0 Å². The minimum atomic E-state index is -0.554. The lowest BCUT2D eigenvalue weighted by molar-refractivity contribution is 0.174. The molecule has 1 aromatic carbocycles. The zero-order chi connectivity index (χ0) is 14.9. The molecular weight excluding hydrogens is 384 g/mol. The van der Waals surface area contributed by atoms with Crippen LogP contribution in [0.4, 0.5) is 0 Å². The molecule has 0 aliphatic rings. The predicted octanol–water partition coefficient (Wildman–Crippen LogP) is 4.32. The van der Waals surface area contributed by atoms with E-state index in [0.717, 1.165) is 38.0 Å². The zero-order valence-electron chi connectivity index (χ0n) is 11.8. The molecule has 0 spiro atoms. The molecule has 5 heteroatoms. The first-order valence-electron chi connectivity index (χ1n) is 6.60. The van der Waals surface area contributed by atoms with Crippen molar-refractivity contribution in [3.8, 4) is 0 Å². The Morgan fingerprint density at radius 1 is 1.30 bits per heavy atom. The minimum Gasteiger partial charge on any atom is -0.388 e. The molecule has 0 aliphatic heterocycles. The van der Waals surface area contributed by atoms with Gasteiger partial charge in [-0.25, -0.2) is 0 Å². The van der Waals surface area contributed by atoms with Crippen LogP contribution in [0.1, 0.15) is 35.5 Å². The van der Waals surface area contributed by atoms with Crippen LogP contribution in [0, 0.1) is 13.8 Å². The first-order chi connectivity index (χ1) is 9.43. The highest BCUT2D eigenvalue weighted by atomic mass is 79.9. The molecule has 1 N–H and O–H groups in total. The average Bonchev–Trinajstić information content (AvgIpc) is 2.69. The summed E-state index contributed by atoms with van der Waals surface area (Å²) in [4.78, 5) is 0. The summed E-state index contributed by atoms with van der Waals surface area (Å²) in [6.45, 7) is 6.84. The van der Waals surface area contributed by atoms with Crippen molar-refractivity contribution < 1.29 is 5.11 Å². The second-order valence-corrected chi connectivity index (χ2v) is 6.55. The van der Waals surface area contributed by atoms with E-state index < -0.39 is 6.10 Å². The Kier molecular flexibility index (Phi) is 5.04. The fourth-order valence-electron chi connectivity index (χ4n) is 2.28. The smallest absolute Gasteiger partial charge is 0.0856 e. The molecule has 0 amide bonds. The summed E-state index contributed by atoms with van der Waals surface area (Å²) >= 11 is 7.08. The van der Waals surface area contributed by atoms with Gasteiger partial charge < -0.3 is 5.11 Å². The molecule has 108 valence electrons.